The van der Waals surface area contributed by atoms with Crippen LogP contribution in [0.2, 0.25) is 0 Å². The normalized spacial score (nSPS) is 10.6. The molecule has 0 aliphatic rings. The topological polar surface area (TPSA) is 89.3 Å². The molecule has 1 aromatic rings. The van der Waals surface area contributed by atoms with E-state index >= 15 is 0 Å². The van der Waals surface area contributed by atoms with Gasteiger partial charge in [-0.1, -0.05) is 5.92 Å². The van der Waals surface area contributed by atoms with Crippen molar-refractivity contribution in [3.05, 3.63) is 24.0 Å². The summed E-state index contributed by atoms with van der Waals surface area (Å²) in [4.78, 5) is 10.8. The van der Waals surface area contributed by atoms with Gasteiger partial charge in [0.1, 0.15) is 5.82 Å². The van der Waals surface area contributed by atoms with E-state index < -0.39 is 21.7 Å². The van der Waals surface area contributed by atoms with Crippen molar-refractivity contribution in [3.8, 4) is 12.3 Å². The Hall–Kier alpha value is -1.91. The van der Waals surface area contributed by atoms with Gasteiger partial charge in [-0.2, -0.15) is 0 Å². The number of hydrogen-bond donors (Lipinski definition) is 2. The Labute approximate surface area is 97.9 Å². The molecule has 5 nitrogen and oxygen atoms in total. The number of hydrogen-bond acceptors (Lipinski definition) is 3. The maximum atomic E-state index is 13.3. The predicted octanol–water partition coefficient (Wildman–Crippen LogP) is 0.435. The van der Waals surface area contributed by atoms with E-state index in [4.69, 9.17) is 11.6 Å². The lowest BCUT2D eigenvalue weighted by molar-refractivity contribution is -0.115. The minimum Gasteiger partial charge on any atom is -0.323 e. The highest BCUT2D eigenvalue weighted by Gasteiger charge is 2.12. The third-order valence-electron chi connectivity index (χ3n) is 1.80. The molecule has 0 saturated carbocycles. The maximum Gasteiger partial charge on any atom is 0.238 e. The first-order chi connectivity index (χ1) is 7.84. The molecule has 0 radical (unpaired) electrons. The van der Waals surface area contributed by atoms with Crippen molar-refractivity contribution in [2.75, 3.05) is 5.32 Å². The van der Waals surface area contributed by atoms with Crippen LogP contribution in [0, 0.1) is 18.2 Å². The first-order valence-electron chi connectivity index (χ1n) is 4.40. The van der Waals surface area contributed by atoms with Crippen molar-refractivity contribution < 1.29 is 17.6 Å². The van der Waals surface area contributed by atoms with Gasteiger partial charge in [0, 0.05) is 0 Å². The van der Waals surface area contributed by atoms with E-state index in [0.717, 1.165) is 18.2 Å². The van der Waals surface area contributed by atoms with Crippen LogP contribution in [0.4, 0.5) is 10.1 Å². The van der Waals surface area contributed by atoms with Crippen LogP contribution in [-0.2, 0) is 14.8 Å². The molecule has 0 unspecified atom stereocenters. The Balaban J connectivity index is 3.08. The number of carbonyl (C=O) groups excluding carboxylic acids is 1. The standard InChI is InChI=1S/C10H9FN2O3S/c1-2-3-10(14)13-9-6-7(17(12,15)16)4-5-8(9)11/h1,4-6H,3H2,(H,13,14)(H2,12,15,16). The number of carbonyl (C=O) groups is 1. The van der Waals surface area contributed by atoms with Gasteiger partial charge in [-0.25, -0.2) is 17.9 Å². The van der Waals surface area contributed by atoms with Crippen LogP contribution in [-0.4, -0.2) is 14.3 Å². The van der Waals surface area contributed by atoms with Gasteiger partial charge in [0.05, 0.1) is 17.0 Å². The van der Waals surface area contributed by atoms with Gasteiger partial charge in [0.25, 0.3) is 0 Å². The number of halogens is 1. The lowest BCUT2D eigenvalue weighted by Crippen LogP contribution is -2.15. The zero-order chi connectivity index (χ0) is 13.1. The van der Waals surface area contributed by atoms with Crippen LogP contribution < -0.4 is 10.5 Å². The molecule has 0 heterocycles. The molecule has 0 saturated heterocycles. The Kier molecular flexibility index (Phi) is 3.83. The number of anilines is 1. The van der Waals surface area contributed by atoms with Gasteiger partial charge < -0.3 is 5.32 Å². The van der Waals surface area contributed by atoms with E-state index in [0.29, 0.717) is 0 Å². The van der Waals surface area contributed by atoms with Crippen molar-refractivity contribution in [3.63, 3.8) is 0 Å². The lowest BCUT2D eigenvalue weighted by atomic mass is 10.3. The van der Waals surface area contributed by atoms with Crippen molar-refractivity contribution >= 4 is 21.6 Å². The number of primary sulfonamides is 1. The Morgan fingerprint density at radius 1 is 1.53 bits per heavy atom. The minimum atomic E-state index is -3.95. The number of sulfonamides is 1. The average molecular weight is 256 g/mol. The van der Waals surface area contributed by atoms with Crippen LogP contribution in [0.1, 0.15) is 6.42 Å². The number of nitrogens with two attached hydrogens (primary N) is 1. The van der Waals surface area contributed by atoms with E-state index in [1.54, 1.807) is 0 Å². The fraction of sp³-hybridized carbons (Fsp3) is 0.100. The molecule has 0 spiro atoms. The summed E-state index contributed by atoms with van der Waals surface area (Å²) in [6, 6.07) is 2.83. The molecule has 1 aromatic carbocycles. The van der Waals surface area contributed by atoms with Crippen LogP contribution in [0.5, 0.6) is 0 Å². The summed E-state index contributed by atoms with van der Waals surface area (Å²) in [5, 5.41) is 7.02. The molecule has 0 aliphatic heterocycles. The molecular formula is C10H9FN2O3S. The first kappa shape index (κ1) is 13.2. The second-order valence-corrected chi connectivity index (χ2v) is 4.68. The zero-order valence-electron chi connectivity index (χ0n) is 8.60. The van der Waals surface area contributed by atoms with E-state index in [9.17, 15) is 17.6 Å². The summed E-state index contributed by atoms with van der Waals surface area (Å²) in [6.07, 6.45) is 4.66. The molecule has 0 fully saturated rings. The molecular weight excluding hydrogens is 247 g/mol. The molecule has 1 rings (SSSR count). The van der Waals surface area contributed by atoms with Gasteiger partial charge in [-0.15, -0.1) is 6.42 Å². The van der Waals surface area contributed by atoms with Crippen LogP contribution in [0.3, 0.4) is 0 Å². The van der Waals surface area contributed by atoms with Crippen molar-refractivity contribution in [1.82, 2.24) is 0 Å². The molecule has 0 aliphatic carbocycles. The molecule has 0 aromatic heterocycles. The summed E-state index contributed by atoms with van der Waals surface area (Å²) in [6.45, 7) is 0. The monoisotopic (exact) mass is 256 g/mol. The molecule has 90 valence electrons. The minimum absolute atomic E-state index is 0.237. The SMILES string of the molecule is C#CCC(=O)Nc1cc(S(N)(=O)=O)ccc1F. The van der Waals surface area contributed by atoms with Gasteiger partial charge in [-0.05, 0) is 18.2 Å². The van der Waals surface area contributed by atoms with Gasteiger partial charge in [-0.3, -0.25) is 4.79 Å². The zero-order valence-corrected chi connectivity index (χ0v) is 9.42. The van der Waals surface area contributed by atoms with Crippen LogP contribution in [0.25, 0.3) is 0 Å². The number of amides is 1. The highest BCUT2D eigenvalue weighted by molar-refractivity contribution is 7.89. The summed E-state index contributed by atoms with van der Waals surface area (Å²) in [5.41, 5.74) is -0.281. The summed E-state index contributed by atoms with van der Waals surface area (Å²) >= 11 is 0. The van der Waals surface area contributed by atoms with E-state index in [-0.39, 0.29) is 17.0 Å². The molecule has 3 N–H and O–H groups in total. The number of rotatable bonds is 3. The smallest absolute Gasteiger partial charge is 0.238 e. The molecule has 17 heavy (non-hydrogen) atoms. The van der Waals surface area contributed by atoms with E-state index in [1.165, 1.54) is 0 Å². The molecule has 0 bridgehead atoms. The number of benzene rings is 1. The Morgan fingerprint density at radius 3 is 2.71 bits per heavy atom. The van der Waals surface area contributed by atoms with Gasteiger partial charge in [0.15, 0.2) is 0 Å². The molecule has 7 heteroatoms. The summed E-state index contributed by atoms with van der Waals surface area (Å²) in [7, 11) is -3.95. The first-order valence-corrected chi connectivity index (χ1v) is 5.95. The Morgan fingerprint density at radius 2 is 2.18 bits per heavy atom. The van der Waals surface area contributed by atoms with E-state index in [2.05, 4.69) is 11.2 Å². The average Bonchev–Trinajstić information content (AvgIpc) is 2.20. The second kappa shape index (κ2) is 4.95. The fourth-order valence-corrected chi connectivity index (χ4v) is 1.60. The van der Waals surface area contributed by atoms with Crippen molar-refractivity contribution in [2.24, 2.45) is 5.14 Å². The fourth-order valence-electron chi connectivity index (χ4n) is 1.06. The number of terminal acetylenes is 1. The largest absolute Gasteiger partial charge is 0.323 e. The van der Waals surface area contributed by atoms with Crippen LogP contribution in [0.15, 0.2) is 23.1 Å². The van der Waals surface area contributed by atoms with Crippen LogP contribution >= 0.6 is 0 Å². The van der Waals surface area contributed by atoms with E-state index in [1.807, 2.05) is 0 Å². The second-order valence-electron chi connectivity index (χ2n) is 3.12. The predicted molar refractivity (Wildman–Crippen MR) is 59.9 cm³/mol. The van der Waals surface area contributed by atoms with Crippen molar-refractivity contribution in [2.45, 2.75) is 11.3 Å². The van der Waals surface area contributed by atoms with Gasteiger partial charge in [0.2, 0.25) is 15.9 Å². The third-order valence-corrected chi connectivity index (χ3v) is 2.71. The lowest BCUT2D eigenvalue weighted by Gasteiger charge is -2.06. The molecule has 0 atom stereocenters. The Bertz CT molecular complexity index is 590. The maximum absolute atomic E-state index is 13.3. The molecule has 1 amide bonds. The van der Waals surface area contributed by atoms with Crippen molar-refractivity contribution in [1.29, 1.82) is 0 Å². The summed E-state index contributed by atoms with van der Waals surface area (Å²) in [5.74, 6) is 0.686. The third kappa shape index (κ3) is 3.55. The summed E-state index contributed by atoms with van der Waals surface area (Å²) < 4.78 is 35.3. The number of nitrogens with one attached hydrogen (secondary N) is 1. The van der Waals surface area contributed by atoms with Gasteiger partial charge >= 0.3 is 0 Å². The highest BCUT2D eigenvalue weighted by atomic mass is 32.2. The quantitative estimate of drug-likeness (QED) is 0.769. The highest BCUT2D eigenvalue weighted by Crippen LogP contribution is 2.18.